The molecule has 0 aliphatic carbocycles. The summed E-state index contributed by atoms with van der Waals surface area (Å²) in [6.07, 6.45) is 2.50. The zero-order valence-electron chi connectivity index (χ0n) is 8.39. The minimum absolute atomic E-state index is 0.00303. The van der Waals surface area contributed by atoms with Crippen molar-refractivity contribution in [3.8, 4) is 11.3 Å². The van der Waals surface area contributed by atoms with Gasteiger partial charge in [0.15, 0.2) is 0 Å². The topological polar surface area (TPSA) is 63.1 Å². The first-order valence-corrected chi connectivity index (χ1v) is 5.34. The van der Waals surface area contributed by atoms with Crippen molar-refractivity contribution in [2.75, 3.05) is 0 Å². The quantitative estimate of drug-likeness (QED) is 0.909. The molecule has 0 saturated heterocycles. The fourth-order valence-corrected chi connectivity index (χ4v) is 1.88. The number of carbonyl (C=O) groups is 1. The predicted molar refractivity (Wildman–Crippen MR) is 64.4 cm³/mol. The lowest BCUT2D eigenvalue weighted by Crippen LogP contribution is -2.02. The van der Waals surface area contributed by atoms with Crippen LogP contribution < -0.4 is 0 Å². The molecule has 0 aliphatic rings. The van der Waals surface area contributed by atoms with Crippen molar-refractivity contribution >= 4 is 29.2 Å². The summed E-state index contributed by atoms with van der Waals surface area (Å²) >= 11 is 11.8. The minimum atomic E-state index is -1.10. The molecule has 0 amide bonds. The molecule has 1 aromatic carbocycles. The van der Waals surface area contributed by atoms with Gasteiger partial charge in [-0.3, -0.25) is 0 Å². The van der Waals surface area contributed by atoms with Gasteiger partial charge in [-0.05, 0) is 18.2 Å². The van der Waals surface area contributed by atoms with Gasteiger partial charge in [0.05, 0.1) is 10.7 Å². The van der Waals surface area contributed by atoms with Gasteiger partial charge in [-0.15, -0.1) is 0 Å². The van der Waals surface area contributed by atoms with Crippen molar-refractivity contribution in [2.24, 2.45) is 0 Å². The van der Waals surface area contributed by atoms with Crippen LogP contribution in [0.4, 0.5) is 0 Å². The molecule has 0 aliphatic heterocycles. The van der Waals surface area contributed by atoms with Crippen LogP contribution in [-0.4, -0.2) is 21.0 Å². The highest BCUT2D eigenvalue weighted by molar-refractivity contribution is 6.36. The summed E-state index contributed by atoms with van der Waals surface area (Å²) in [5, 5.41) is 9.85. The zero-order valence-corrected chi connectivity index (χ0v) is 9.90. The second-order valence-electron chi connectivity index (χ2n) is 3.21. The van der Waals surface area contributed by atoms with Crippen LogP contribution in [0.25, 0.3) is 11.3 Å². The Morgan fingerprint density at radius 1 is 1.29 bits per heavy atom. The van der Waals surface area contributed by atoms with Crippen molar-refractivity contribution in [2.45, 2.75) is 0 Å². The lowest BCUT2D eigenvalue weighted by atomic mass is 10.1. The molecule has 86 valence electrons. The van der Waals surface area contributed by atoms with E-state index in [9.17, 15) is 4.79 Å². The number of rotatable bonds is 2. The van der Waals surface area contributed by atoms with Crippen molar-refractivity contribution < 1.29 is 9.90 Å². The van der Waals surface area contributed by atoms with Gasteiger partial charge >= 0.3 is 5.97 Å². The molecular weight excluding hydrogens is 263 g/mol. The monoisotopic (exact) mass is 268 g/mol. The number of hydrogen-bond donors (Lipinski definition) is 1. The average Bonchev–Trinajstić information content (AvgIpc) is 2.29. The third kappa shape index (κ3) is 2.38. The Morgan fingerprint density at radius 3 is 2.71 bits per heavy atom. The number of nitrogens with zero attached hydrogens (tertiary/aromatic N) is 2. The van der Waals surface area contributed by atoms with Gasteiger partial charge in [-0.2, -0.15) is 0 Å². The summed E-state index contributed by atoms with van der Waals surface area (Å²) in [6, 6.07) is 4.78. The van der Waals surface area contributed by atoms with E-state index in [2.05, 4.69) is 9.97 Å². The molecular formula is C11H6Cl2N2O2. The van der Waals surface area contributed by atoms with Crippen molar-refractivity contribution in [3.05, 3.63) is 46.3 Å². The molecule has 2 aromatic rings. The van der Waals surface area contributed by atoms with Crippen molar-refractivity contribution in [1.82, 2.24) is 9.97 Å². The van der Waals surface area contributed by atoms with E-state index in [1.54, 1.807) is 12.1 Å². The normalized spacial score (nSPS) is 10.2. The number of aromatic carboxylic acids is 1. The van der Waals surface area contributed by atoms with E-state index in [0.717, 1.165) is 0 Å². The smallest absolute Gasteiger partial charge is 0.339 e. The molecule has 0 unspecified atom stereocenters. The number of benzene rings is 1. The van der Waals surface area contributed by atoms with Crippen LogP contribution in [0.3, 0.4) is 0 Å². The molecule has 1 N–H and O–H groups in total. The standard InChI is InChI=1S/C11H6Cl2N2O2/c12-6-1-2-7(9(13)3-6)10-8(11(16)17)4-14-5-15-10/h1-5H,(H,16,17). The van der Waals surface area contributed by atoms with E-state index in [-0.39, 0.29) is 11.3 Å². The highest BCUT2D eigenvalue weighted by Crippen LogP contribution is 2.30. The third-order valence-corrected chi connectivity index (χ3v) is 2.68. The van der Waals surface area contributed by atoms with Gasteiger partial charge in [0.1, 0.15) is 11.9 Å². The number of aromatic nitrogens is 2. The summed E-state index contributed by atoms with van der Waals surface area (Å²) in [6.45, 7) is 0. The molecule has 0 radical (unpaired) electrons. The number of carboxylic acids is 1. The van der Waals surface area contributed by atoms with Crippen LogP contribution in [0, 0.1) is 0 Å². The average molecular weight is 269 g/mol. The highest BCUT2D eigenvalue weighted by Gasteiger charge is 2.15. The van der Waals surface area contributed by atoms with Gasteiger partial charge < -0.3 is 5.11 Å². The minimum Gasteiger partial charge on any atom is -0.478 e. The van der Waals surface area contributed by atoms with Crippen molar-refractivity contribution in [3.63, 3.8) is 0 Å². The van der Waals surface area contributed by atoms with Gasteiger partial charge in [-0.1, -0.05) is 23.2 Å². The van der Waals surface area contributed by atoms with E-state index in [0.29, 0.717) is 15.6 Å². The number of hydrogen-bond acceptors (Lipinski definition) is 3. The third-order valence-electron chi connectivity index (χ3n) is 2.13. The van der Waals surface area contributed by atoms with Crippen LogP contribution in [0.1, 0.15) is 10.4 Å². The number of halogens is 2. The summed E-state index contributed by atoms with van der Waals surface area (Å²) in [7, 11) is 0. The molecule has 0 fully saturated rings. The van der Waals surface area contributed by atoms with Crippen LogP contribution >= 0.6 is 23.2 Å². The Hall–Kier alpha value is -1.65. The SMILES string of the molecule is O=C(O)c1cncnc1-c1ccc(Cl)cc1Cl. The molecule has 0 saturated carbocycles. The van der Waals surface area contributed by atoms with Crippen LogP contribution in [0.15, 0.2) is 30.7 Å². The Morgan fingerprint density at radius 2 is 2.06 bits per heavy atom. The maximum Gasteiger partial charge on any atom is 0.339 e. The lowest BCUT2D eigenvalue weighted by Gasteiger charge is -2.06. The summed E-state index contributed by atoms with van der Waals surface area (Å²) in [5.74, 6) is -1.10. The first-order chi connectivity index (χ1) is 8.09. The Labute approximate surface area is 107 Å². The molecule has 6 heteroatoms. The van der Waals surface area contributed by atoms with Gasteiger partial charge in [0.25, 0.3) is 0 Å². The molecule has 17 heavy (non-hydrogen) atoms. The molecule has 2 rings (SSSR count). The summed E-state index contributed by atoms with van der Waals surface area (Å²) in [4.78, 5) is 18.6. The van der Waals surface area contributed by atoms with Crippen LogP contribution in [0.2, 0.25) is 10.0 Å². The van der Waals surface area contributed by atoms with Gasteiger partial charge in [0.2, 0.25) is 0 Å². The summed E-state index contributed by atoms with van der Waals surface area (Å²) < 4.78 is 0. The molecule has 0 spiro atoms. The summed E-state index contributed by atoms with van der Waals surface area (Å²) in [5.41, 5.74) is 0.779. The maximum atomic E-state index is 11.0. The lowest BCUT2D eigenvalue weighted by molar-refractivity contribution is 0.0697. The molecule has 4 nitrogen and oxygen atoms in total. The Bertz CT molecular complexity index is 587. The molecule has 0 bridgehead atoms. The number of carboxylic acid groups (broad SMARTS) is 1. The predicted octanol–water partition coefficient (Wildman–Crippen LogP) is 3.15. The Balaban J connectivity index is 2.64. The Kier molecular flexibility index (Phi) is 3.26. The van der Waals surface area contributed by atoms with E-state index in [1.807, 2.05) is 0 Å². The highest BCUT2D eigenvalue weighted by atomic mass is 35.5. The van der Waals surface area contributed by atoms with Crippen LogP contribution in [-0.2, 0) is 0 Å². The van der Waals surface area contributed by atoms with E-state index < -0.39 is 5.97 Å². The fourth-order valence-electron chi connectivity index (χ4n) is 1.38. The zero-order chi connectivity index (χ0) is 12.4. The molecule has 1 aromatic heterocycles. The van der Waals surface area contributed by atoms with E-state index in [4.69, 9.17) is 28.3 Å². The largest absolute Gasteiger partial charge is 0.478 e. The van der Waals surface area contributed by atoms with E-state index in [1.165, 1.54) is 18.6 Å². The van der Waals surface area contributed by atoms with Crippen LogP contribution in [0.5, 0.6) is 0 Å². The fraction of sp³-hybridized carbons (Fsp3) is 0. The van der Waals surface area contributed by atoms with E-state index >= 15 is 0 Å². The maximum absolute atomic E-state index is 11.0. The van der Waals surface area contributed by atoms with Gasteiger partial charge in [0, 0.05) is 16.8 Å². The van der Waals surface area contributed by atoms with Gasteiger partial charge in [-0.25, -0.2) is 14.8 Å². The first kappa shape index (κ1) is 11.8. The molecule has 0 atom stereocenters. The van der Waals surface area contributed by atoms with Crippen molar-refractivity contribution in [1.29, 1.82) is 0 Å². The first-order valence-electron chi connectivity index (χ1n) is 4.58. The second-order valence-corrected chi connectivity index (χ2v) is 4.06. The second kappa shape index (κ2) is 4.69. The molecule has 1 heterocycles.